The standard InChI is InChI=1S/C14H17N3O3/c1-8-7-10(17(2)3)12-9(15-8)5-6-11(20-4)13(12)14(18)16-19/h5-7,19H,1-4H3,(H,16,18). The molecular weight excluding hydrogens is 258 g/mol. The molecule has 1 amide bonds. The Balaban J connectivity index is 2.94. The second-order valence-electron chi connectivity index (χ2n) is 4.66. The van der Waals surface area contributed by atoms with Crippen molar-refractivity contribution in [3.05, 3.63) is 29.5 Å². The van der Waals surface area contributed by atoms with E-state index in [1.54, 1.807) is 17.6 Å². The van der Waals surface area contributed by atoms with E-state index >= 15 is 0 Å². The summed E-state index contributed by atoms with van der Waals surface area (Å²) in [4.78, 5) is 18.3. The summed E-state index contributed by atoms with van der Waals surface area (Å²) in [7, 11) is 5.24. The molecule has 2 rings (SSSR count). The lowest BCUT2D eigenvalue weighted by molar-refractivity contribution is 0.0705. The van der Waals surface area contributed by atoms with E-state index in [0.29, 0.717) is 16.7 Å². The summed E-state index contributed by atoms with van der Waals surface area (Å²) < 4.78 is 5.22. The fourth-order valence-electron chi connectivity index (χ4n) is 2.22. The van der Waals surface area contributed by atoms with Crippen molar-refractivity contribution in [3.63, 3.8) is 0 Å². The van der Waals surface area contributed by atoms with Crippen LogP contribution in [0, 0.1) is 6.92 Å². The largest absolute Gasteiger partial charge is 0.496 e. The first-order chi connectivity index (χ1) is 9.49. The number of fused-ring (bicyclic) bond motifs is 1. The number of nitrogens with zero attached hydrogens (tertiary/aromatic N) is 2. The van der Waals surface area contributed by atoms with Gasteiger partial charge in [-0.1, -0.05) is 0 Å². The van der Waals surface area contributed by atoms with Crippen molar-refractivity contribution in [1.29, 1.82) is 0 Å². The minimum Gasteiger partial charge on any atom is -0.496 e. The lowest BCUT2D eigenvalue weighted by atomic mass is 10.0. The molecule has 2 N–H and O–H groups in total. The van der Waals surface area contributed by atoms with Gasteiger partial charge in [0.1, 0.15) is 5.75 Å². The number of anilines is 1. The Labute approximate surface area is 116 Å². The molecule has 106 valence electrons. The van der Waals surface area contributed by atoms with Crippen LogP contribution in [0.3, 0.4) is 0 Å². The van der Waals surface area contributed by atoms with Gasteiger partial charge in [-0.15, -0.1) is 0 Å². The van der Waals surface area contributed by atoms with Crippen molar-refractivity contribution >= 4 is 22.5 Å². The number of benzene rings is 1. The molecule has 1 heterocycles. The quantitative estimate of drug-likeness (QED) is 0.659. The Morgan fingerprint density at radius 1 is 1.40 bits per heavy atom. The van der Waals surface area contributed by atoms with Crippen molar-refractivity contribution in [2.24, 2.45) is 0 Å². The van der Waals surface area contributed by atoms with E-state index in [1.165, 1.54) is 7.11 Å². The van der Waals surface area contributed by atoms with Gasteiger partial charge >= 0.3 is 0 Å². The van der Waals surface area contributed by atoms with E-state index in [0.717, 1.165) is 11.4 Å². The minimum absolute atomic E-state index is 0.267. The van der Waals surface area contributed by atoms with Crippen LogP contribution >= 0.6 is 0 Å². The summed E-state index contributed by atoms with van der Waals surface area (Å²) in [6, 6.07) is 5.34. The van der Waals surface area contributed by atoms with Gasteiger partial charge < -0.3 is 9.64 Å². The summed E-state index contributed by atoms with van der Waals surface area (Å²) in [5, 5.41) is 9.61. The third-order valence-electron chi connectivity index (χ3n) is 3.07. The maximum atomic E-state index is 12.0. The molecule has 0 bridgehead atoms. The normalized spacial score (nSPS) is 10.4. The van der Waals surface area contributed by atoms with Gasteiger partial charge in [-0.25, -0.2) is 5.48 Å². The first-order valence-corrected chi connectivity index (χ1v) is 6.09. The summed E-state index contributed by atoms with van der Waals surface area (Å²) in [6.07, 6.45) is 0. The van der Waals surface area contributed by atoms with E-state index in [1.807, 2.05) is 32.0 Å². The summed E-state index contributed by atoms with van der Waals surface area (Å²) >= 11 is 0. The number of hydrogen-bond donors (Lipinski definition) is 2. The third kappa shape index (κ3) is 2.25. The van der Waals surface area contributed by atoms with Crippen LogP contribution in [0.2, 0.25) is 0 Å². The van der Waals surface area contributed by atoms with Gasteiger partial charge in [-0.05, 0) is 25.1 Å². The van der Waals surface area contributed by atoms with Crippen LogP contribution in [0.4, 0.5) is 5.69 Å². The number of carbonyl (C=O) groups excluding carboxylic acids is 1. The van der Waals surface area contributed by atoms with Gasteiger partial charge in [0.2, 0.25) is 0 Å². The molecule has 0 saturated carbocycles. The van der Waals surface area contributed by atoms with Crippen LogP contribution in [0.25, 0.3) is 10.9 Å². The molecular formula is C14H17N3O3. The highest BCUT2D eigenvalue weighted by atomic mass is 16.5. The molecule has 0 saturated heterocycles. The van der Waals surface area contributed by atoms with Crippen LogP contribution < -0.4 is 15.1 Å². The molecule has 1 aromatic carbocycles. The topological polar surface area (TPSA) is 74.7 Å². The summed E-state index contributed by atoms with van der Waals surface area (Å²) in [6.45, 7) is 1.89. The average Bonchev–Trinajstić information content (AvgIpc) is 2.44. The number of methoxy groups -OCH3 is 1. The first kappa shape index (κ1) is 14.1. The zero-order chi connectivity index (χ0) is 14.9. The highest BCUT2D eigenvalue weighted by Gasteiger charge is 2.20. The Morgan fingerprint density at radius 3 is 2.65 bits per heavy atom. The molecule has 6 nitrogen and oxygen atoms in total. The zero-order valence-electron chi connectivity index (χ0n) is 11.9. The molecule has 2 aromatic rings. The second kappa shape index (κ2) is 5.34. The highest BCUT2D eigenvalue weighted by Crippen LogP contribution is 2.34. The predicted octanol–water partition coefficient (Wildman–Crippen LogP) is 1.74. The SMILES string of the molecule is COc1ccc2nc(C)cc(N(C)C)c2c1C(=O)NO. The number of hydroxylamine groups is 1. The number of pyridine rings is 1. The fourth-order valence-corrected chi connectivity index (χ4v) is 2.22. The Kier molecular flexibility index (Phi) is 3.76. The number of rotatable bonds is 3. The Morgan fingerprint density at radius 2 is 2.10 bits per heavy atom. The molecule has 0 fully saturated rings. The first-order valence-electron chi connectivity index (χ1n) is 6.09. The van der Waals surface area contributed by atoms with E-state index in [4.69, 9.17) is 9.94 Å². The van der Waals surface area contributed by atoms with Gasteiger partial charge in [-0.2, -0.15) is 0 Å². The number of aryl methyl sites for hydroxylation is 1. The summed E-state index contributed by atoms with van der Waals surface area (Å²) in [5.41, 5.74) is 4.29. The van der Waals surface area contributed by atoms with Crippen LogP contribution in [-0.2, 0) is 0 Å². The summed E-state index contributed by atoms with van der Waals surface area (Å²) in [5.74, 6) is -0.237. The van der Waals surface area contributed by atoms with E-state index in [2.05, 4.69) is 4.98 Å². The van der Waals surface area contributed by atoms with Gasteiger partial charge in [0, 0.05) is 30.9 Å². The van der Waals surface area contributed by atoms with Gasteiger partial charge in [-0.3, -0.25) is 15.0 Å². The Bertz CT molecular complexity index is 668. The predicted molar refractivity (Wildman–Crippen MR) is 76.6 cm³/mol. The number of ether oxygens (including phenoxy) is 1. The number of hydrogen-bond acceptors (Lipinski definition) is 5. The molecule has 0 atom stereocenters. The van der Waals surface area contributed by atoms with Gasteiger partial charge in [0.25, 0.3) is 5.91 Å². The van der Waals surface area contributed by atoms with Crippen molar-refractivity contribution in [1.82, 2.24) is 10.5 Å². The van der Waals surface area contributed by atoms with Crippen LogP contribution in [-0.4, -0.2) is 37.3 Å². The Hall–Kier alpha value is -2.34. The van der Waals surface area contributed by atoms with Crippen LogP contribution in [0.15, 0.2) is 18.2 Å². The lowest BCUT2D eigenvalue weighted by Gasteiger charge is -2.19. The maximum absolute atomic E-state index is 12.0. The second-order valence-corrected chi connectivity index (χ2v) is 4.66. The average molecular weight is 275 g/mol. The molecule has 6 heteroatoms. The highest BCUT2D eigenvalue weighted by molar-refractivity contribution is 6.12. The zero-order valence-corrected chi connectivity index (χ0v) is 11.9. The number of nitrogens with one attached hydrogen (secondary N) is 1. The van der Waals surface area contributed by atoms with Gasteiger partial charge in [0.05, 0.1) is 18.2 Å². The molecule has 0 radical (unpaired) electrons. The maximum Gasteiger partial charge on any atom is 0.279 e. The number of carbonyl (C=O) groups is 1. The smallest absolute Gasteiger partial charge is 0.279 e. The molecule has 0 aliphatic heterocycles. The van der Waals surface area contributed by atoms with Crippen LogP contribution in [0.1, 0.15) is 16.1 Å². The molecule has 0 spiro atoms. The van der Waals surface area contributed by atoms with Gasteiger partial charge in [0.15, 0.2) is 0 Å². The molecule has 1 aromatic heterocycles. The number of amides is 1. The van der Waals surface area contributed by atoms with Crippen LogP contribution in [0.5, 0.6) is 5.75 Å². The van der Waals surface area contributed by atoms with Crippen molar-refractivity contribution < 1.29 is 14.7 Å². The lowest BCUT2D eigenvalue weighted by Crippen LogP contribution is -2.21. The molecule has 20 heavy (non-hydrogen) atoms. The van der Waals surface area contributed by atoms with E-state index in [-0.39, 0.29) is 5.56 Å². The fraction of sp³-hybridized carbons (Fsp3) is 0.286. The van der Waals surface area contributed by atoms with E-state index < -0.39 is 5.91 Å². The number of aromatic nitrogens is 1. The monoisotopic (exact) mass is 275 g/mol. The van der Waals surface area contributed by atoms with Crippen molar-refractivity contribution in [2.75, 3.05) is 26.1 Å². The third-order valence-corrected chi connectivity index (χ3v) is 3.07. The van der Waals surface area contributed by atoms with Crippen molar-refractivity contribution in [2.45, 2.75) is 6.92 Å². The van der Waals surface area contributed by atoms with Crippen molar-refractivity contribution in [3.8, 4) is 5.75 Å². The molecule has 0 aliphatic carbocycles. The van der Waals surface area contributed by atoms with E-state index in [9.17, 15) is 4.79 Å². The minimum atomic E-state index is -0.624. The molecule has 0 aliphatic rings. The molecule has 0 unspecified atom stereocenters.